The predicted molar refractivity (Wildman–Crippen MR) is 92.3 cm³/mol. The molecule has 0 aliphatic rings. The molecule has 0 unspecified atom stereocenters. The normalized spacial score (nSPS) is 13.1. The first-order valence-electron chi connectivity index (χ1n) is 8.03. The van der Waals surface area contributed by atoms with Crippen molar-refractivity contribution in [3.05, 3.63) is 71.8 Å². The zero-order chi connectivity index (χ0) is 16.5. The monoisotopic (exact) mass is 308 g/mol. The van der Waals surface area contributed by atoms with Crippen LogP contribution in [0.15, 0.2) is 60.7 Å². The molecule has 2 rings (SSSR count). The summed E-state index contributed by atoms with van der Waals surface area (Å²) in [5.74, 6) is 0.280. The maximum atomic E-state index is 9.36. The highest BCUT2D eigenvalue weighted by molar-refractivity contribution is 5.15. The summed E-state index contributed by atoms with van der Waals surface area (Å²) < 4.78 is 5.95. The summed E-state index contributed by atoms with van der Waals surface area (Å²) in [6.07, 6.45) is 2.39. The van der Waals surface area contributed by atoms with Gasteiger partial charge < -0.3 is 9.64 Å². The maximum Gasteiger partial charge on any atom is 0.179 e. The van der Waals surface area contributed by atoms with Crippen LogP contribution in [0.25, 0.3) is 0 Å². The second-order valence-corrected chi connectivity index (χ2v) is 5.95. The Kier molecular flexibility index (Phi) is 6.65. The molecule has 0 saturated heterocycles. The van der Waals surface area contributed by atoms with Gasteiger partial charge in [0, 0.05) is 12.5 Å². The predicted octanol–water partition coefficient (Wildman–Crippen LogP) is 4.21. The molecule has 0 saturated carbocycles. The van der Waals surface area contributed by atoms with Gasteiger partial charge in [0.25, 0.3) is 0 Å². The Hall–Kier alpha value is -2.31. The summed E-state index contributed by atoms with van der Waals surface area (Å²) in [5.41, 5.74) is 2.33. The summed E-state index contributed by atoms with van der Waals surface area (Å²) in [4.78, 5) is 1.79. The van der Waals surface area contributed by atoms with Crippen molar-refractivity contribution in [1.82, 2.24) is 4.90 Å². The highest BCUT2D eigenvalue weighted by Crippen LogP contribution is 2.13. The molecule has 0 aliphatic carbocycles. The zero-order valence-corrected chi connectivity index (χ0v) is 13.9. The van der Waals surface area contributed by atoms with Crippen LogP contribution in [0, 0.1) is 17.4 Å². The third-order valence-electron chi connectivity index (χ3n) is 4.02. The van der Waals surface area contributed by atoms with E-state index >= 15 is 0 Å². The van der Waals surface area contributed by atoms with Crippen LogP contribution in [0.5, 0.6) is 0 Å². The molecule has 0 bridgehead atoms. The standard InChI is InChI=1S/C20H24N2O/c1-17(18(2)23-15-20-11-7-4-8-12-20)13-22(16-21)14-19-9-5-3-6-10-19/h3-12,17-18H,13-15H2,1-2H3/t17-,18+/m1/s1. The van der Waals surface area contributed by atoms with Crippen molar-refractivity contribution in [3.8, 4) is 6.19 Å². The molecule has 3 heteroatoms. The van der Waals surface area contributed by atoms with Gasteiger partial charge in [-0.2, -0.15) is 5.26 Å². The Balaban J connectivity index is 1.81. The molecule has 2 atom stereocenters. The fourth-order valence-electron chi connectivity index (χ4n) is 2.41. The molecule has 2 aromatic rings. The Morgan fingerprint density at radius 2 is 1.52 bits per heavy atom. The van der Waals surface area contributed by atoms with Crippen molar-refractivity contribution in [2.75, 3.05) is 6.54 Å². The molecule has 0 heterocycles. The van der Waals surface area contributed by atoms with Gasteiger partial charge in [0.2, 0.25) is 0 Å². The highest BCUT2D eigenvalue weighted by Gasteiger charge is 2.16. The van der Waals surface area contributed by atoms with E-state index < -0.39 is 0 Å². The number of hydrogen-bond donors (Lipinski definition) is 0. The molecule has 0 spiro atoms. The van der Waals surface area contributed by atoms with E-state index in [-0.39, 0.29) is 12.0 Å². The second kappa shape index (κ2) is 8.97. The van der Waals surface area contributed by atoms with Crippen molar-refractivity contribution < 1.29 is 4.74 Å². The number of ether oxygens (including phenoxy) is 1. The number of hydrogen-bond acceptors (Lipinski definition) is 3. The minimum atomic E-state index is 0.0989. The molecular formula is C20H24N2O. The van der Waals surface area contributed by atoms with Crippen LogP contribution in [-0.2, 0) is 17.9 Å². The Labute approximate surface area is 139 Å². The van der Waals surface area contributed by atoms with Crippen LogP contribution < -0.4 is 0 Å². The fourth-order valence-corrected chi connectivity index (χ4v) is 2.41. The molecule has 0 aromatic heterocycles. The molecular weight excluding hydrogens is 284 g/mol. The van der Waals surface area contributed by atoms with Crippen molar-refractivity contribution in [3.63, 3.8) is 0 Å². The van der Waals surface area contributed by atoms with Crippen molar-refractivity contribution in [1.29, 1.82) is 5.26 Å². The summed E-state index contributed by atoms with van der Waals surface area (Å²) in [6.45, 7) is 6.16. The van der Waals surface area contributed by atoms with Crippen LogP contribution in [0.3, 0.4) is 0 Å². The van der Waals surface area contributed by atoms with Crippen LogP contribution >= 0.6 is 0 Å². The molecule has 0 radical (unpaired) electrons. The Morgan fingerprint density at radius 3 is 2.09 bits per heavy atom. The molecule has 0 fully saturated rings. The van der Waals surface area contributed by atoms with Crippen LogP contribution in [-0.4, -0.2) is 17.5 Å². The van der Waals surface area contributed by atoms with Gasteiger partial charge >= 0.3 is 0 Å². The molecule has 0 N–H and O–H groups in total. The quantitative estimate of drug-likeness (QED) is 0.541. The third-order valence-corrected chi connectivity index (χ3v) is 4.02. The Bertz CT molecular complexity index is 607. The number of rotatable bonds is 8. The second-order valence-electron chi connectivity index (χ2n) is 5.95. The number of nitriles is 1. The molecule has 23 heavy (non-hydrogen) atoms. The average Bonchev–Trinajstić information content (AvgIpc) is 2.60. The first-order chi connectivity index (χ1) is 11.2. The summed E-state index contributed by atoms with van der Waals surface area (Å²) in [7, 11) is 0. The highest BCUT2D eigenvalue weighted by atomic mass is 16.5. The van der Waals surface area contributed by atoms with E-state index in [1.54, 1.807) is 4.90 Å². The van der Waals surface area contributed by atoms with E-state index in [1.807, 2.05) is 48.5 Å². The lowest BCUT2D eigenvalue weighted by molar-refractivity contribution is 0.0116. The van der Waals surface area contributed by atoms with Crippen LogP contribution in [0.4, 0.5) is 0 Å². The molecule has 2 aromatic carbocycles. The lowest BCUT2D eigenvalue weighted by atomic mass is 10.1. The summed E-state index contributed by atoms with van der Waals surface area (Å²) in [5, 5.41) is 9.36. The average molecular weight is 308 g/mol. The minimum Gasteiger partial charge on any atom is -0.373 e. The molecule has 3 nitrogen and oxygen atoms in total. The van der Waals surface area contributed by atoms with Gasteiger partial charge in [0.15, 0.2) is 6.19 Å². The van der Waals surface area contributed by atoms with Crippen molar-refractivity contribution in [2.24, 2.45) is 5.92 Å². The smallest absolute Gasteiger partial charge is 0.179 e. The van der Waals surface area contributed by atoms with Gasteiger partial charge in [-0.3, -0.25) is 0 Å². The molecule has 0 aliphatic heterocycles. The lowest BCUT2D eigenvalue weighted by Gasteiger charge is -2.25. The van der Waals surface area contributed by atoms with Gasteiger partial charge in [-0.05, 0) is 18.1 Å². The summed E-state index contributed by atoms with van der Waals surface area (Å²) >= 11 is 0. The van der Waals surface area contributed by atoms with E-state index in [4.69, 9.17) is 4.74 Å². The maximum absolute atomic E-state index is 9.36. The van der Waals surface area contributed by atoms with Gasteiger partial charge in [0.1, 0.15) is 0 Å². The van der Waals surface area contributed by atoms with E-state index in [9.17, 15) is 5.26 Å². The van der Waals surface area contributed by atoms with Gasteiger partial charge in [-0.1, -0.05) is 67.6 Å². The molecule has 120 valence electrons. The third kappa shape index (κ3) is 5.77. The first-order valence-corrected chi connectivity index (χ1v) is 8.03. The lowest BCUT2D eigenvalue weighted by Crippen LogP contribution is -2.30. The number of benzene rings is 2. The van der Waals surface area contributed by atoms with Crippen LogP contribution in [0.2, 0.25) is 0 Å². The molecule has 0 amide bonds. The minimum absolute atomic E-state index is 0.0989. The number of nitrogens with zero attached hydrogens (tertiary/aromatic N) is 2. The van der Waals surface area contributed by atoms with Crippen molar-refractivity contribution in [2.45, 2.75) is 33.1 Å². The van der Waals surface area contributed by atoms with E-state index in [2.05, 4.69) is 32.2 Å². The topological polar surface area (TPSA) is 36.3 Å². The fraction of sp³-hybridized carbons (Fsp3) is 0.350. The summed E-state index contributed by atoms with van der Waals surface area (Å²) in [6, 6.07) is 20.2. The van der Waals surface area contributed by atoms with Gasteiger partial charge in [-0.25, -0.2) is 0 Å². The van der Waals surface area contributed by atoms with Gasteiger partial charge in [0.05, 0.1) is 19.3 Å². The first kappa shape index (κ1) is 17.1. The SMILES string of the molecule is C[C@H](CN(C#N)Cc1ccccc1)[C@H](C)OCc1ccccc1. The zero-order valence-electron chi connectivity index (χ0n) is 13.9. The van der Waals surface area contributed by atoms with Gasteiger partial charge in [-0.15, -0.1) is 0 Å². The van der Waals surface area contributed by atoms with Crippen molar-refractivity contribution >= 4 is 0 Å². The Morgan fingerprint density at radius 1 is 0.957 bits per heavy atom. The van der Waals surface area contributed by atoms with E-state index in [0.717, 1.165) is 5.56 Å². The van der Waals surface area contributed by atoms with Crippen LogP contribution in [0.1, 0.15) is 25.0 Å². The van der Waals surface area contributed by atoms with E-state index in [1.165, 1.54) is 5.56 Å². The largest absolute Gasteiger partial charge is 0.373 e. The van der Waals surface area contributed by atoms with E-state index in [0.29, 0.717) is 19.7 Å².